The molecular weight excluding hydrogens is 340 g/mol. The molecule has 0 fully saturated rings. The van der Waals surface area contributed by atoms with E-state index >= 15 is 0 Å². The third kappa shape index (κ3) is 24.1. The third-order valence-corrected chi connectivity index (χ3v) is 5.60. The summed E-state index contributed by atoms with van der Waals surface area (Å²) in [5, 5.41) is 0. The summed E-state index contributed by atoms with van der Waals surface area (Å²) in [6, 6.07) is 0. The Labute approximate surface area is 165 Å². The Morgan fingerprint density at radius 2 is 0.846 bits per heavy atom. The molecule has 0 aliphatic carbocycles. The summed E-state index contributed by atoms with van der Waals surface area (Å²) < 4.78 is 16.9. The van der Waals surface area contributed by atoms with Gasteiger partial charge in [-0.05, 0) is 26.1 Å². The lowest BCUT2D eigenvalue weighted by Gasteiger charge is -2.16. The van der Waals surface area contributed by atoms with Crippen molar-refractivity contribution in [3.63, 3.8) is 0 Å². The fourth-order valence-electron chi connectivity index (χ4n) is 2.95. The Hall–Kier alpha value is 0.0969. The molecule has 0 aromatic rings. The summed E-state index contributed by atoms with van der Waals surface area (Å²) in [7, 11) is -1.38. The van der Waals surface area contributed by atoms with E-state index < -0.39 is 8.32 Å². The Morgan fingerprint density at radius 1 is 0.462 bits per heavy atom. The zero-order chi connectivity index (χ0) is 19.3. The summed E-state index contributed by atoms with van der Waals surface area (Å²) in [5.41, 5.74) is 0. The summed E-state index contributed by atoms with van der Waals surface area (Å²) in [4.78, 5) is 0. The van der Waals surface area contributed by atoms with Crippen LogP contribution in [0.3, 0.4) is 0 Å². The topological polar surface area (TPSA) is 27.7 Å². The highest BCUT2D eigenvalue weighted by atomic mass is 28.4. The molecule has 4 heteroatoms. The largest absolute Gasteiger partial charge is 0.415 e. The van der Waals surface area contributed by atoms with E-state index in [9.17, 15) is 0 Å². The molecule has 26 heavy (non-hydrogen) atoms. The Morgan fingerprint density at radius 3 is 1.31 bits per heavy atom. The van der Waals surface area contributed by atoms with E-state index in [1.54, 1.807) is 0 Å². The average molecular weight is 389 g/mol. The monoisotopic (exact) mass is 388 g/mol. The van der Waals surface area contributed by atoms with Gasteiger partial charge in [0, 0.05) is 6.61 Å². The van der Waals surface area contributed by atoms with Gasteiger partial charge in [0.1, 0.15) is 0 Å². The fourth-order valence-corrected chi connectivity index (χ4v) is 3.65. The molecule has 0 saturated heterocycles. The second kappa shape index (κ2) is 19.8. The number of rotatable bonds is 21. The van der Waals surface area contributed by atoms with Gasteiger partial charge >= 0.3 is 0 Å². The Kier molecular flexibility index (Phi) is 19.9. The third-order valence-electron chi connectivity index (χ3n) is 4.53. The summed E-state index contributed by atoms with van der Waals surface area (Å²) in [6.45, 7) is 12.6. The standard InChI is InChI=1S/C22H48O3Si/c1-5-6-7-8-9-10-11-12-13-14-15-16-17-18-23-19-20-24-21-22-25-26(2,3)4/h5-22H2,1-4H3. The lowest BCUT2D eigenvalue weighted by atomic mass is 10.0. The van der Waals surface area contributed by atoms with Gasteiger partial charge in [-0.3, -0.25) is 0 Å². The van der Waals surface area contributed by atoms with Gasteiger partial charge in [0.05, 0.1) is 26.4 Å². The number of unbranched alkanes of at least 4 members (excludes halogenated alkanes) is 12. The van der Waals surface area contributed by atoms with E-state index in [2.05, 4.69) is 26.6 Å². The smallest absolute Gasteiger partial charge is 0.183 e. The number of ether oxygens (including phenoxy) is 2. The first-order chi connectivity index (χ1) is 12.6. The zero-order valence-electron chi connectivity index (χ0n) is 18.5. The van der Waals surface area contributed by atoms with E-state index in [1.807, 2.05) is 0 Å². The highest BCUT2D eigenvalue weighted by Gasteiger charge is 2.12. The minimum Gasteiger partial charge on any atom is -0.415 e. The summed E-state index contributed by atoms with van der Waals surface area (Å²) in [5.74, 6) is 0. The van der Waals surface area contributed by atoms with Crippen LogP contribution in [0.5, 0.6) is 0 Å². The van der Waals surface area contributed by atoms with Crippen LogP contribution in [0, 0.1) is 0 Å². The molecule has 0 N–H and O–H groups in total. The second-order valence-electron chi connectivity index (χ2n) is 8.43. The van der Waals surface area contributed by atoms with Gasteiger partial charge in [0.25, 0.3) is 0 Å². The van der Waals surface area contributed by atoms with Crippen LogP contribution in [0.1, 0.15) is 90.4 Å². The van der Waals surface area contributed by atoms with Gasteiger partial charge < -0.3 is 13.9 Å². The van der Waals surface area contributed by atoms with Crippen molar-refractivity contribution in [2.24, 2.45) is 0 Å². The van der Waals surface area contributed by atoms with Gasteiger partial charge in [0.15, 0.2) is 8.32 Å². The van der Waals surface area contributed by atoms with E-state index in [1.165, 1.54) is 83.5 Å². The molecule has 0 aliphatic heterocycles. The molecule has 0 amide bonds. The maximum Gasteiger partial charge on any atom is 0.183 e. The maximum atomic E-state index is 5.74. The van der Waals surface area contributed by atoms with Crippen molar-refractivity contribution in [1.29, 1.82) is 0 Å². The van der Waals surface area contributed by atoms with Crippen molar-refractivity contribution < 1.29 is 13.9 Å². The predicted octanol–water partition coefficient (Wildman–Crippen LogP) is 6.96. The minimum absolute atomic E-state index is 0.687. The number of hydrogen-bond acceptors (Lipinski definition) is 3. The SMILES string of the molecule is CCCCCCCCCCCCCCCOCCOCCO[Si](C)(C)C. The zero-order valence-corrected chi connectivity index (χ0v) is 19.5. The molecule has 0 saturated carbocycles. The molecule has 0 spiro atoms. The number of hydrogen-bond donors (Lipinski definition) is 0. The molecule has 0 rings (SSSR count). The first-order valence-electron chi connectivity index (χ1n) is 11.4. The van der Waals surface area contributed by atoms with E-state index in [-0.39, 0.29) is 0 Å². The molecule has 0 aromatic heterocycles. The van der Waals surface area contributed by atoms with E-state index in [4.69, 9.17) is 13.9 Å². The van der Waals surface area contributed by atoms with Crippen molar-refractivity contribution in [2.45, 2.75) is 110 Å². The molecule has 0 radical (unpaired) electrons. The molecule has 0 aromatic carbocycles. The first kappa shape index (κ1) is 26.1. The molecular formula is C22H48O3Si. The van der Waals surface area contributed by atoms with Crippen molar-refractivity contribution in [3.05, 3.63) is 0 Å². The maximum absolute atomic E-state index is 5.74. The van der Waals surface area contributed by atoms with Crippen LogP contribution in [0.25, 0.3) is 0 Å². The van der Waals surface area contributed by atoms with Crippen molar-refractivity contribution in [1.82, 2.24) is 0 Å². The molecule has 0 bridgehead atoms. The van der Waals surface area contributed by atoms with Crippen LogP contribution in [-0.4, -0.2) is 41.4 Å². The van der Waals surface area contributed by atoms with Gasteiger partial charge in [-0.25, -0.2) is 0 Å². The normalized spacial score (nSPS) is 12.0. The molecule has 158 valence electrons. The highest BCUT2D eigenvalue weighted by Crippen LogP contribution is 2.12. The molecule has 0 heterocycles. The summed E-state index contributed by atoms with van der Waals surface area (Å²) >= 11 is 0. The van der Waals surface area contributed by atoms with Gasteiger partial charge in [-0.2, -0.15) is 0 Å². The quantitative estimate of drug-likeness (QED) is 0.157. The van der Waals surface area contributed by atoms with Crippen molar-refractivity contribution >= 4 is 8.32 Å². The van der Waals surface area contributed by atoms with Gasteiger partial charge in [-0.15, -0.1) is 0 Å². The predicted molar refractivity (Wildman–Crippen MR) is 117 cm³/mol. The van der Waals surface area contributed by atoms with E-state index in [0.29, 0.717) is 26.4 Å². The van der Waals surface area contributed by atoms with Crippen molar-refractivity contribution in [2.75, 3.05) is 33.0 Å². The second-order valence-corrected chi connectivity index (χ2v) is 12.9. The Balaban J connectivity index is 3.01. The fraction of sp³-hybridized carbons (Fsp3) is 1.00. The average Bonchev–Trinajstić information content (AvgIpc) is 2.59. The molecule has 0 atom stereocenters. The van der Waals surface area contributed by atoms with Crippen LogP contribution in [-0.2, 0) is 13.9 Å². The minimum atomic E-state index is -1.38. The van der Waals surface area contributed by atoms with Crippen LogP contribution in [0.15, 0.2) is 0 Å². The highest BCUT2D eigenvalue weighted by molar-refractivity contribution is 6.69. The summed E-state index contributed by atoms with van der Waals surface area (Å²) in [6.07, 6.45) is 18.1. The van der Waals surface area contributed by atoms with Gasteiger partial charge in [-0.1, -0.05) is 84.0 Å². The van der Waals surface area contributed by atoms with Gasteiger partial charge in [0.2, 0.25) is 0 Å². The lowest BCUT2D eigenvalue weighted by molar-refractivity contribution is 0.0343. The van der Waals surface area contributed by atoms with Crippen molar-refractivity contribution in [3.8, 4) is 0 Å². The molecule has 3 nitrogen and oxygen atoms in total. The van der Waals surface area contributed by atoms with Crippen LogP contribution in [0.2, 0.25) is 19.6 Å². The molecule has 0 unspecified atom stereocenters. The van der Waals surface area contributed by atoms with Crippen LogP contribution >= 0.6 is 0 Å². The lowest BCUT2D eigenvalue weighted by Crippen LogP contribution is -2.27. The first-order valence-corrected chi connectivity index (χ1v) is 14.8. The Bertz CT molecular complexity index is 267. The molecule has 0 aliphatic rings. The van der Waals surface area contributed by atoms with E-state index in [0.717, 1.165) is 6.61 Å². The van der Waals surface area contributed by atoms with Crippen LogP contribution in [0.4, 0.5) is 0 Å². The van der Waals surface area contributed by atoms with Crippen LogP contribution < -0.4 is 0 Å².